The summed E-state index contributed by atoms with van der Waals surface area (Å²) in [6, 6.07) is 4.91. The Hall–Kier alpha value is -2.72. The van der Waals surface area contributed by atoms with Crippen LogP contribution in [0.5, 0.6) is 0 Å². The molecule has 0 saturated carbocycles. The molecule has 10 heteroatoms. The van der Waals surface area contributed by atoms with Crippen molar-refractivity contribution in [3.63, 3.8) is 0 Å². The summed E-state index contributed by atoms with van der Waals surface area (Å²) >= 11 is 0. The van der Waals surface area contributed by atoms with Crippen molar-refractivity contribution < 1.29 is 13.2 Å². The number of nitrogens with one attached hydrogen (secondary N) is 1. The highest BCUT2D eigenvalue weighted by atomic mass is 32.2. The second-order valence-corrected chi connectivity index (χ2v) is 10.3. The van der Waals surface area contributed by atoms with Crippen molar-refractivity contribution in [3.05, 3.63) is 41.7 Å². The highest BCUT2D eigenvalue weighted by Gasteiger charge is 2.19. The van der Waals surface area contributed by atoms with Crippen molar-refractivity contribution in [1.29, 1.82) is 0 Å². The van der Waals surface area contributed by atoms with E-state index in [0.717, 1.165) is 35.8 Å². The average Bonchev–Trinajstić information content (AvgIpc) is 3.30. The zero-order valence-electron chi connectivity index (χ0n) is 18.1. The zero-order chi connectivity index (χ0) is 22.2. The Morgan fingerprint density at radius 3 is 2.77 bits per heavy atom. The van der Waals surface area contributed by atoms with E-state index in [1.165, 1.54) is 31.2 Å². The lowest BCUT2D eigenvalue weighted by Crippen LogP contribution is -2.23. The van der Waals surface area contributed by atoms with Gasteiger partial charge in [0.2, 0.25) is 15.9 Å². The molecular formula is C21H28N6O3S. The molecule has 1 amide bonds. The maximum absolute atomic E-state index is 12.4. The van der Waals surface area contributed by atoms with Crippen molar-refractivity contribution in [3.8, 4) is 0 Å². The third-order valence-electron chi connectivity index (χ3n) is 5.72. The second-order valence-electron chi connectivity index (χ2n) is 8.10. The predicted octanol–water partition coefficient (Wildman–Crippen LogP) is 1.61. The van der Waals surface area contributed by atoms with Gasteiger partial charge < -0.3 is 14.5 Å². The van der Waals surface area contributed by atoms with Crippen LogP contribution in [-0.2, 0) is 47.8 Å². The standard InChI is InChI=1S/C21H28N6O3S/c1-25(2)31(29,30)16-7-8-18-17(12-16)24-19(26(18)3)9-10-21(28)22-13-15-14-27-11-5-4-6-20(27)23-15/h7-8,12,14H,4-6,9-11,13H2,1-3H3,(H,22,28). The first-order valence-corrected chi connectivity index (χ1v) is 11.9. The Kier molecular flexibility index (Phi) is 5.85. The van der Waals surface area contributed by atoms with E-state index in [9.17, 15) is 13.2 Å². The number of fused-ring (bicyclic) bond motifs is 2. The maximum atomic E-state index is 12.4. The molecule has 0 bridgehead atoms. The van der Waals surface area contributed by atoms with Gasteiger partial charge in [-0.3, -0.25) is 4.79 Å². The minimum Gasteiger partial charge on any atom is -0.350 e. The Bertz CT molecular complexity index is 1200. The number of hydrogen-bond donors (Lipinski definition) is 1. The number of aryl methyl sites for hydroxylation is 4. The number of hydrogen-bond acceptors (Lipinski definition) is 5. The van der Waals surface area contributed by atoms with E-state index in [-0.39, 0.29) is 10.8 Å². The molecular weight excluding hydrogens is 416 g/mol. The van der Waals surface area contributed by atoms with Crippen molar-refractivity contribution >= 4 is 27.0 Å². The van der Waals surface area contributed by atoms with Crippen LogP contribution in [0.1, 0.15) is 36.6 Å². The lowest BCUT2D eigenvalue weighted by Gasteiger charge is -2.11. The van der Waals surface area contributed by atoms with Crippen LogP contribution in [0.15, 0.2) is 29.3 Å². The highest BCUT2D eigenvalue weighted by molar-refractivity contribution is 7.89. The van der Waals surface area contributed by atoms with Crippen LogP contribution in [0.25, 0.3) is 11.0 Å². The molecule has 2 aromatic heterocycles. The van der Waals surface area contributed by atoms with E-state index >= 15 is 0 Å². The molecule has 3 aromatic rings. The lowest BCUT2D eigenvalue weighted by atomic mass is 10.2. The summed E-state index contributed by atoms with van der Waals surface area (Å²) in [6.07, 6.45) is 6.14. The number of rotatable bonds is 7. The summed E-state index contributed by atoms with van der Waals surface area (Å²) < 4.78 is 30.0. The Labute approximate surface area is 182 Å². The summed E-state index contributed by atoms with van der Waals surface area (Å²) in [6.45, 7) is 1.42. The number of sulfonamides is 1. The van der Waals surface area contributed by atoms with Crippen molar-refractivity contribution in [2.45, 2.75) is 50.1 Å². The summed E-state index contributed by atoms with van der Waals surface area (Å²) in [4.78, 5) is 21.7. The van der Waals surface area contributed by atoms with Gasteiger partial charge in [0.1, 0.15) is 11.6 Å². The van der Waals surface area contributed by atoms with Gasteiger partial charge in [-0.1, -0.05) is 0 Å². The summed E-state index contributed by atoms with van der Waals surface area (Å²) in [7, 11) is 1.35. The van der Waals surface area contributed by atoms with Gasteiger partial charge in [0.25, 0.3) is 0 Å². The molecule has 0 radical (unpaired) electrons. The van der Waals surface area contributed by atoms with Gasteiger partial charge in [0.05, 0.1) is 28.2 Å². The number of amides is 1. The molecule has 0 spiro atoms. The Morgan fingerprint density at radius 1 is 1.23 bits per heavy atom. The van der Waals surface area contributed by atoms with Gasteiger partial charge in [-0.25, -0.2) is 22.7 Å². The van der Waals surface area contributed by atoms with Crippen LogP contribution >= 0.6 is 0 Å². The van der Waals surface area contributed by atoms with E-state index in [4.69, 9.17) is 0 Å². The minimum absolute atomic E-state index is 0.0612. The van der Waals surface area contributed by atoms with E-state index in [0.29, 0.717) is 24.9 Å². The number of carbonyl (C=O) groups excluding carboxylic acids is 1. The molecule has 31 heavy (non-hydrogen) atoms. The van der Waals surface area contributed by atoms with E-state index < -0.39 is 10.0 Å². The van der Waals surface area contributed by atoms with Crippen LogP contribution in [0.4, 0.5) is 0 Å². The van der Waals surface area contributed by atoms with Gasteiger partial charge in [-0.2, -0.15) is 0 Å². The Balaban J connectivity index is 1.39. The largest absolute Gasteiger partial charge is 0.350 e. The number of nitrogens with zero attached hydrogens (tertiary/aromatic N) is 5. The third-order valence-corrected chi connectivity index (χ3v) is 7.54. The molecule has 9 nitrogen and oxygen atoms in total. The molecule has 0 saturated heterocycles. The Morgan fingerprint density at radius 2 is 2.03 bits per heavy atom. The first kappa shape index (κ1) is 21.5. The second kappa shape index (κ2) is 8.43. The number of aromatic nitrogens is 4. The molecule has 3 heterocycles. The fourth-order valence-electron chi connectivity index (χ4n) is 3.88. The normalized spacial score (nSPS) is 14.2. The molecule has 1 aromatic carbocycles. The summed E-state index contributed by atoms with van der Waals surface area (Å²) in [5, 5.41) is 2.94. The van der Waals surface area contributed by atoms with Crippen LogP contribution in [0.3, 0.4) is 0 Å². The van der Waals surface area contributed by atoms with Crippen molar-refractivity contribution in [2.24, 2.45) is 7.05 Å². The fraction of sp³-hybridized carbons (Fsp3) is 0.476. The predicted molar refractivity (Wildman–Crippen MR) is 117 cm³/mol. The van der Waals surface area contributed by atoms with Crippen molar-refractivity contribution in [1.82, 2.24) is 28.7 Å². The van der Waals surface area contributed by atoms with Gasteiger partial charge in [0.15, 0.2) is 0 Å². The molecule has 0 fully saturated rings. The van der Waals surface area contributed by atoms with E-state index in [1.807, 2.05) is 17.8 Å². The first-order valence-electron chi connectivity index (χ1n) is 10.4. The molecule has 1 aliphatic heterocycles. The fourth-order valence-corrected chi connectivity index (χ4v) is 4.81. The number of imidazole rings is 2. The minimum atomic E-state index is -3.52. The monoisotopic (exact) mass is 444 g/mol. The summed E-state index contributed by atoms with van der Waals surface area (Å²) in [5.41, 5.74) is 2.32. The lowest BCUT2D eigenvalue weighted by molar-refractivity contribution is -0.121. The van der Waals surface area contributed by atoms with Gasteiger partial charge in [-0.05, 0) is 31.0 Å². The average molecular weight is 445 g/mol. The third kappa shape index (κ3) is 4.35. The van der Waals surface area contributed by atoms with Crippen molar-refractivity contribution in [2.75, 3.05) is 14.1 Å². The highest BCUT2D eigenvalue weighted by Crippen LogP contribution is 2.22. The van der Waals surface area contributed by atoms with Crippen LogP contribution in [0.2, 0.25) is 0 Å². The van der Waals surface area contributed by atoms with Crippen LogP contribution < -0.4 is 5.32 Å². The van der Waals surface area contributed by atoms with Gasteiger partial charge >= 0.3 is 0 Å². The SMILES string of the molecule is CN(C)S(=O)(=O)c1ccc2c(c1)nc(CCC(=O)NCc1cn3c(n1)CCCC3)n2C. The summed E-state index contributed by atoms with van der Waals surface area (Å²) in [5.74, 6) is 1.78. The topological polar surface area (TPSA) is 102 Å². The van der Waals surface area contributed by atoms with Gasteiger partial charge in [-0.15, -0.1) is 0 Å². The first-order chi connectivity index (χ1) is 14.8. The molecule has 1 aliphatic rings. The van der Waals surface area contributed by atoms with Crippen LogP contribution in [-0.4, -0.2) is 51.8 Å². The number of carbonyl (C=O) groups is 1. The molecule has 0 unspecified atom stereocenters. The van der Waals surface area contributed by atoms with E-state index in [1.54, 1.807) is 18.2 Å². The zero-order valence-corrected chi connectivity index (χ0v) is 18.9. The smallest absolute Gasteiger partial charge is 0.242 e. The quantitative estimate of drug-likeness (QED) is 0.596. The molecule has 1 N–H and O–H groups in total. The number of benzene rings is 1. The molecule has 4 rings (SSSR count). The van der Waals surface area contributed by atoms with E-state index in [2.05, 4.69) is 19.9 Å². The van der Waals surface area contributed by atoms with Crippen LogP contribution in [0, 0.1) is 0 Å². The molecule has 0 atom stereocenters. The van der Waals surface area contributed by atoms with Gasteiger partial charge in [0, 0.05) is 53.1 Å². The molecule has 0 aliphatic carbocycles. The maximum Gasteiger partial charge on any atom is 0.242 e. The molecule has 166 valence electrons.